The highest BCUT2D eigenvalue weighted by Crippen LogP contribution is 2.24. The van der Waals surface area contributed by atoms with Crippen molar-refractivity contribution < 1.29 is 14.7 Å². The van der Waals surface area contributed by atoms with Crippen molar-refractivity contribution in [2.75, 3.05) is 0 Å². The predicted octanol–water partition coefficient (Wildman–Crippen LogP) is 2.02. The van der Waals surface area contributed by atoms with E-state index in [2.05, 4.69) is 0 Å². The molecule has 74 valence electrons. The summed E-state index contributed by atoms with van der Waals surface area (Å²) in [5, 5.41) is 8.63. The largest absolute Gasteiger partial charge is 0.478 e. The molecule has 1 N–H and O–H groups in total. The van der Waals surface area contributed by atoms with Crippen LogP contribution in [0.3, 0.4) is 0 Å². The second-order valence-corrected chi connectivity index (χ2v) is 4.00. The summed E-state index contributed by atoms with van der Waals surface area (Å²) in [6, 6.07) is 0. The number of hydrogen-bond acceptors (Lipinski definition) is 2. The Morgan fingerprint density at radius 3 is 2.08 bits per heavy atom. The van der Waals surface area contributed by atoms with Crippen LogP contribution in [0.4, 0.5) is 0 Å². The van der Waals surface area contributed by atoms with Gasteiger partial charge < -0.3 is 5.11 Å². The molecule has 0 aliphatic rings. The zero-order chi connectivity index (χ0) is 10.6. The zero-order valence-electron chi connectivity index (χ0n) is 8.55. The molecular formula is C10H16O3. The SMILES string of the molecule is CC(=O)CC(C)(C)C=C(C)C(=O)O. The Morgan fingerprint density at radius 1 is 1.31 bits per heavy atom. The number of carboxylic acids is 1. The van der Waals surface area contributed by atoms with Gasteiger partial charge >= 0.3 is 5.97 Å². The van der Waals surface area contributed by atoms with Crippen molar-refractivity contribution in [2.45, 2.75) is 34.1 Å². The molecule has 3 heteroatoms. The Labute approximate surface area is 78.5 Å². The van der Waals surface area contributed by atoms with Gasteiger partial charge in [0.15, 0.2) is 0 Å². The number of aliphatic carboxylic acids is 1. The minimum absolute atomic E-state index is 0.0689. The smallest absolute Gasteiger partial charge is 0.330 e. The van der Waals surface area contributed by atoms with Crippen LogP contribution >= 0.6 is 0 Å². The van der Waals surface area contributed by atoms with Crippen molar-refractivity contribution in [1.82, 2.24) is 0 Å². The minimum atomic E-state index is -0.934. The van der Waals surface area contributed by atoms with Gasteiger partial charge in [0, 0.05) is 12.0 Å². The first-order valence-corrected chi connectivity index (χ1v) is 4.17. The number of carboxylic acid groups (broad SMARTS) is 1. The van der Waals surface area contributed by atoms with Gasteiger partial charge in [-0.1, -0.05) is 19.9 Å². The number of allylic oxidation sites excluding steroid dienone is 1. The molecule has 0 unspecified atom stereocenters. The number of Topliss-reactive ketones (excluding diaryl/α,β-unsaturated/α-hetero) is 1. The highest BCUT2D eigenvalue weighted by Gasteiger charge is 2.18. The topological polar surface area (TPSA) is 54.4 Å². The van der Waals surface area contributed by atoms with Gasteiger partial charge in [-0.25, -0.2) is 4.79 Å². The van der Waals surface area contributed by atoms with Crippen molar-refractivity contribution in [2.24, 2.45) is 5.41 Å². The lowest BCUT2D eigenvalue weighted by molar-refractivity contribution is -0.132. The van der Waals surface area contributed by atoms with Gasteiger partial charge in [0.2, 0.25) is 0 Å². The van der Waals surface area contributed by atoms with Gasteiger partial charge in [-0.3, -0.25) is 4.79 Å². The third-order valence-electron chi connectivity index (χ3n) is 1.65. The molecule has 0 radical (unpaired) electrons. The minimum Gasteiger partial charge on any atom is -0.478 e. The van der Waals surface area contributed by atoms with Crippen LogP contribution in [0.1, 0.15) is 34.1 Å². The molecule has 0 aromatic heterocycles. The molecule has 0 saturated heterocycles. The molecule has 0 aliphatic carbocycles. The Kier molecular flexibility index (Phi) is 3.85. The highest BCUT2D eigenvalue weighted by molar-refractivity contribution is 5.86. The van der Waals surface area contributed by atoms with E-state index < -0.39 is 5.97 Å². The lowest BCUT2D eigenvalue weighted by Crippen LogP contribution is -2.14. The fraction of sp³-hybridized carbons (Fsp3) is 0.600. The summed E-state index contributed by atoms with van der Waals surface area (Å²) in [6.07, 6.45) is 1.99. The summed E-state index contributed by atoms with van der Waals surface area (Å²) in [6.45, 7) is 6.73. The van der Waals surface area contributed by atoms with Crippen LogP contribution in [0.2, 0.25) is 0 Å². The molecule has 0 fully saturated rings. The van der Waals surface area contributed by atoms with E-state index in [0.717, 1.165) is 0 Å². The lowest BCUT2D eigenvalue weighted by Gasteiger charge is -2.18. The normalized spacial score (nSPS) is 12.8. The first-order valence-electron chi connectivity index (χ1n) is 4.17. The van der Waals surface area contributed by atoms with E-state index >= 15 is 0 Å². The maximum absolute atomic E-state index is 10.8. The maximum atomic E-state index is 10.8. The van der Waals surface area contributed by atoms with Crippen LogP contribution < -0.4 is 0 Å². The van der Waals surface area contributed by atoms with E-state index in [1.807, 2.05) is 13.8 Å². The molecule has 13 heavy (non-hydrogen) atoms. The van der Waals surface area contributed by atoms with E-state index in [9.17, 15) is 9.59 Å². The third kappa shape index (κ3) is 5.17. The number of ketones is 1. The Balaban J connectivity index is 4.56. The molecule has 3 nitrogen and oxygen atoms in total. The van der Waals surface area contributed by atoms with E-state index in [0.29, 0.717) is 6.42 Å². The van der Waals surface area contributed by atoms with Crippen LogP contribution in [0.5, 0.6) is 0 Å². The summed E-state index contributed by atoms with van der Waals surface area (Å²) < 4.78 is 0. The molecule has 0 atom stereocenters. The summed E-state index contributed by atoms with van der Waals surface area (Å²) in [5.41, 5.74) is -0.0832. The number of carbonyl (C=O) groups is 2. The predicted molar refractivity (Wildman–Crippen MR) is 50.5 cm³/mol. The van der Waals surface area contributed by atoms with Crippen LogP contribution in [0, 0.1) is 5.41 Å². The van der Waals surface area contributed by atoms with E-state index in [4.69, 9.17) is 5.11 Å². The molecule has 0 saturated carbocycles. The van der Waals surface area contributed by atoms with Crippen LogP contribution in [-0.4, -0.2) is 16.9 Å². The van der Waals surface area contributed by atoms with Gasteiger partial charge in [0.1, 0.15) is 5.78 Å². The summed E-state index contributed by atoms with van der Waals surface area (Å²) in [5.74, 6) is -0.865. The Morgan fingerprint density at radius 2 is 1.77 bits per heavy atom. The molecule has 0 heterocycles. The second-order valence-electron chi connectivity index (χ2n) is 4.00. The van der Waals surface area contributed by atoms with Crippen LogP contribution in [0.25, 0.3) is 0 Å². The fourth-order valence-corrected chi connectivity index (χ4v) is 1.34. The van der Waals surface area contributed by atoms with Gasteiger partial charge in [-0.05, 0) is 19.3 Å². The van der Waals surface area contributed by atoms with E-state index in [1.165, 1.54) is 13.8 Å². The molecule has 0 rings (SSSR count). The fourth-order valence-electron chi connectivity index (χ4n) is 1.34. The van der Waals surface area contributed by atoms with Gasteiger partial charge in [0.25, 0.3) is 0 Å². The quantitative estimate of drug-likeness (QED) is 0.680. The summed E-state index contributed by atoms with van der Waals surface area (Å²) >= 11 is 0. The maximum Gasteiger partial charge on any atom is 0.330 e. The number of rotatable bonds is 4. The monoisotopic (exact) mass is 184 g/mol. The first-order chi connectivity index (χ1) is 5.74. The van der Waals surface area contributed by atoms with Crippen molar-refractivity contribution >= 4 is 11.8 Å². The standard InChI is InChI=1S/C10H16O3/c1-7(9(12)13)5-10(3,4)6-8(2)11/h5H,6H2,1-4H3,(H,12,13). The van der Waals surface area contributed by atoms with E-state index in [1.54, 1.807) is 6.08 Å². The average molecular weight is 184 g/mol. The van der Waals surface area contributed by atoms with Gasteiger partial charge in [-0.2, -0.15) is 0 Å². The average Bonchev–Trinajstić information content (AvgIpc) is 1.81. The van der Waals surface area contributed by atoms with Gasteiger partial charge in [-0.15, -0.1) is 0 Å². The van der Waals surface area contributed by atoms with Crippen molar-refractivity contribution in [3.63, 3.8) is 0 Å². The molecule has 0 bridgehead atoms. The molecule has 0 spiro atoms. The lowest BCUT2D eigenvalue weighted by atomic mass is 9.86. The number of hydrogen-bond donors (Lipinski definition) is 1. The molecule has 0 aromatic rings. The Bertz CT molecular complexity index is 249. The second kappa shape index (κ2) is 4.21. The molecule has 0 aromatic carbocycles. The molecule has 0 amide bonds. The zero-order valence-corrected chi connectivity index (χ0v) is 8.55. The van der Waals surface area contributed by atoms with E-state index in [-0.39, 0.29) is 16.8 Å². The molecular weight excluding hydrogens is 168 g/mol. The number of carbonyl (C=O) groups excluding carboxylic acids is 1. The Hall–Kier alpha value is -1.12. The van der Waals surface area contributed by atoms with Crippen molar-refractivity contribution in [3.8, 4) is 0 Å². The van der Waals surface area contributed by atoms with Crippen molar-refractivity contribution in [3.05, 3.63) is 11.6 Å². The third-order valence-corrected chi connectivity index (χ3v) is 1.65. The van der Waals surface area contributed by atoms with Gasteiger partial charge in [0.05, 0.1) is 0 Å². The first kappa shape index (κ1) is 11.9. The molecule has 0 aliphatic heterocycles. The van der Waals surface area contributed by atoms with Crippen molar-refractivity contribution in [1.29, 1.82) is 0 Å². The summed E-state index contributed by atoms with van der Waals surface area (Å²) in [7, 11) is 0. The summed E-state index contributed by atoms with van der Waals surface area (Å²) in [4.78, 5) is 21.3. The van der Waals surface area contributed by atoms with Crippen LogP contribution in [0.15, 0.2) is 11.6 Å². The highest BCUT2D eigenvalue weighted by atomic mass is 16.4. The van der Waals surface area contributed by atoms with Crippen LogP contribution in [-0.2, 0) is 9.59 Å².